The van der Waals surface area contributed by atoms with Crippen molar-refractivity contribution in [3.05, 3.63) is 28.5 Å². The number of ether oxygens (including phenoxy) is 1. The third-order valence-electron chi connectivity index (χ3n) is 2.26. The van der Waals surface area contributed by atoms with Gasteiger partial charge in [-0.3, -0.25) is 0 Å². The van der Waals surface area contributed by atoms with Crippen LogP contribution in [0.5, 0.6) is 5.75 Å². The summed E-state index contributed by atoms with van der Waals surface area (Å²) in [7, 11) is 1.59. The highest BCUT2D eigenvalue weighted by Gasteiger charge is 2.13. The third kappa shape index (κ3) is 2.36. The van der Waals surface area contributed by atoms with Crippen molar-refractivity contribution >= 4 is 21.9 Å². The quantitative estimate of drug-likeness (QED) is 0.860. The summed E-state index contributed by atoms with van der Waals surface area (Å²) in [6, 6.07) is 3.63. The zero-order valence-corrected chi connectivity index (χ0v) is 11.0. The van der Waals surface area contributed by atoms with Crippen LogP contribution in [0.1, 0.15) is 5.56 Å². The Balaban J connectivity index is 2.66. The highest BCUT2D eigenvalue weighted by Crippen LogP contribution is 2.30. The summed E-state index contributed by atoms with van der Waals surface area (Å²) in [6.45, 7) is 1.90. The number of nitrogens with zero attached hydrogens (tertiary/aromatic N) is 3. The molecule has 88 valence electrons. The van der Waals surface area contributed by atoms with Crippen LogP contribution in [0.3, 0.4) is 0 Å². The molecule has 0 aliphatic rings. The number of aryl methyl sites for hydroxylation is 1. The number of hydrogen-bond acceptors (Lipinski definition) is 5. The van der Waals surface area contributed by atoms with Crippen LogP contribution < -0.4 is 10.5 Å². The van der Waals surface area contributed by atoms with Crippen molar-refractivity contribution in [1.82, 2.24) is 15.0 Å². The van der Waals surface area contributed by atoms with Crippen LogP contribution >= 0.6 is 15.9 Å². The molecule has 2 rings (SSSR count). The molecule has 2 aromatic heterocycles. The summed E-state index contributed by atoms with van der Waals surface area (Å²) in [4.78, 5) is 12.5. The maximum Gasteiger partial charge on any atom is 0.220 e. The van der Waals surface area contributed by atoms with Crippen molar-refractivity contribution in [2.24, 2.45) is 0 Å². The summed E-state index contributed by atoms with van der Waals surface area (Å²) in [5.41, 5.74) is 7.81. The number of rotatable bonds is 2. The van der Waals surface area contributed by atoms with Crippen LogP contribution in [0.2, 0.25) is 0 Å². The van der Waals surface area contributed by atoms with E-state index in [1.54, 1.807) is 13.3 Å². The van der Waals surface area contributed by atoms with Gasteiger partial charge in [-0.05, 0) is 40.5 Å². The van der Waals surface area contributed by atoms with E-state index in [0.29, 0.717) is 21.7 Å². The molecule has 6 heteroatoms. The summed E-state index contributed by atoms with van der Waals surface area (Å²) in [6.07, 6.45) is 1.67. The molecule has 0 bridgehead atoms. The molecule has 0 amide bonds. The summed E-state index contributed by atoms with van der Waals surface area (Å²) >= 11 is 3.32. The number of anilines is 1. The van der Waals surface area contributed by atoms with E-state index in [1.807, 2.05) is 19.1 Å². The summed E-state index contributed by atoms with van der Waals surface area (Å²) in [5, 5.41) is 0. The second-order valence-corrected chi connectivity index (χ2v) is 4.26. The van der Waals surface area contributed by atoms with Crippen LogP contribution in [-0.2, 0) is 0 Å². The van der Waals surface area contributed by atoms with Crippen molar-refractivity contribution in [2.75, 3.05) is 12.8 Å². The number of nitrogens with two attached hydrogens (primary N) is 1. The van der Waals surface area contributed by atoms with E-state index in [9.17, 15) is 0 Å². The number of nitrogen functional groups attached to an aromatic ring is 1. The molecule has 2 heterocycles. The molecule has 0 atom stereocenters. The second-order valence-electron chi connectivity index (χ2n) is 3.44. The fraction of sp³-hybridized carbons (Fsp3) is 0.182. The molecule has 0 aliphatic heterocycles. The van der Waals surface area contributed by atoms with Crippen molar-refractivity contribution in [3.63, 3.8) is 0 Å². The number of halogens is 1. The molecule has 0 saturated heterocycles. The van der Waals surface area contributed by atoms with Gasteiger partial charge in [0.15, 0.2) is 0 Å². The lowest BCUT2D eigenvalue weighted by Gasteiger charge is -2.09. The molecule has 2 aromatic rings. The summed E-state index contributed by atoms with van der Waals surface area (Å²) < 4.78 is 5.98. The lowest BCUT2D eigenvalue weighted by molar-refractivity contribution is 0.414. The standard InChI is InChI=1S/C11H11BrN4O/c1-6-5-14-11(13)16-9(6)10-7(17-2)3-4-8(12)15-10/h3-5H,1-2H3,(H2,13,14,16). The highest BCUT2D eigenvalue weighted by atomic mass is 79.9. The molecular weight excluding hydrogens is 284 g/mol. The van der Waals surface area contributed by atoms with Gasteiger partial charge in [0, 0.05) is 6.20 Å². The van der Waals surface area contributed by atoms with Crippen LogP contribution in [0.15, 0.2) is 22.9 Å². The van der Waals surface area contributed by atoms with Crippen molar-refractivity contribution in [3.8, 4) is 17.1 Å². The van der Waals surface area contributed by atoms with E-state index in [0.717, 1.165) is 5.56 Å². The topological polar surface area (TPSA) is 73.9 Å². The Hall–Kier alpha value is -1.69. The highest BCUT2D eigenvalue weighted by molar-refractivity contribution is 9.10. The molecule has 0 radical (unpaired) electrons. The van der Waals surface area contributed by atoms with E-state index in [2.05, 4.69) is 30.9 Å². The number of pyridine rings is 1. The maximum absolute atomic E-state index is 5.59. The van der Waals surface area contributed by atoms with Gasteiger partial charge in [-0.2, -0.15) is 0 Å². The molecule has 0 saturated carbocycles. The van der Waals surface area contributed by atoms with E-state index >= 15 is 0 Å². The summed E-state index contributed by atoms with van der Waals surface area (Å²) in [5.74, 6) is 0.865. The minimum Gasteiger partial charge on any atom is -0.494 e. The van der Waals surface area contributed by atoms with Crippen LogP contribution in [0.4, 0.5) is 5.95 Å². The van der Waals surface area contributed by atoms with Crippen LogP contribution in [0.25, 0.3) is 11.4 Å². The van der Waals surface area contributed by atoms with Crippen molar-refractivity contribution in [2.45, 2.75) is 6.92 Å². The van der Waals surface area contributed by atoms with Gasteiger partial charge in [0.05, 0.1) is 7.11 Å². The first kappa shape index (κ1) is 11.8. The molecule has 0 aliphatic carbocycles. The van der Waals surface area contributed by atoms with E-state index in [-0.39, 0.29) is 5.95 Å². The Morgan fingerprint density at radius 1 is 1.24 bits per heavy atom. The molecule has 0 unspecified atom stereocenters. The number of methoxy groups -OCH3 is 1. The zero-order chi connectivity index (χ0) is 12.4. The Bertz CT molecular complexity index is 559. The normalized spacial score (nSPS) is 10.3. The average molecular weight is 295 g/mol. The van der Waals surface area contributed by atoms with Crippen molar-refractivity contribution in [1.29, 1.82) is 0 Å². The minimum absolute atomic E-state index is 0.217. The smallest absolute Gasteiger partial charge is 0.220 e. The van der Waals surface area contributed by atoms with Crippen molar-refractivity contribution < 1.29 is 4.74 Å². The van der Waals surface area contributed by atoms with Gasteiger partial charge in [-0.1, -0.05) is 0 Å². The minimum atomic E-state index is 0.217. The number of aromatic nitrogens is 3. The van der Waals surface area contributed by atoms with Gasteiger partial charge in [0.25, 0.3) is 0 Å². The van der Waals surface area contributed by atoms with Gasteiger partial charge >= 0.3 is 0 Å². The predicted molar refractivity (Wildman–Crippen MR) is 68.7 cm³/mol. The first-order valence-electron chi connectivity index (χ1n) is 4.92. The molecular formula is C11H11BrN4O. The van der Waals surface area contributed by atoms with E-state index < -0.39 is 0 Å². The van der Waals surface area contributed by atoms with Gasteiger partial charge in [0.2, 0.25) is 5.95 Å². The molecule has 2 N–H and O–H groups in total. The Kier molecular flexibility index (Phi) is 3.23. The fourth-order valence-corrected chi connectivity index (χ4v) is 1.76. The van der Waals surface area contributed by atoms with Gasteiger partial charge in [0.1, 0.15) is 21.7 Å². The number of hydrogen-bond donors (Lipinski definition) is 1. The Morgan fingerprint density at radius 3 is 2.71 bits per heavy atom. The van der Waals surface area contributed by atoms with Crippen LogP contribution in [-0.4, -0.2) is 22.1 Å². The fourth-order valence-electron chi connectivity index (χ4n) is 1.45. The SMILES string of the molecule is COc1ccc(Br)nc1-c1nc(N)ncc1C. The maximum atomic E-state index is 5.59. The molecule has 17 heavy (non-hydrogen) atoms. The van der Waals surface area contributed by atoms with E-state index in [1.165, 1.54) is 0 Å². The Labute approximate surface area is 107 Å². The molecule has 5 nitrogen and oxygen atoms in total. The molecule has 0 fully saturated rings. The van der Waals surface area contributed by atoms with E-state index in [4.69, 9.17) is 10.5 Å². The zero-order valence-electron chi connectivity index (χ0n) is 9.44. The lowest BCUT2D eigenvalue weighted by atomic mass is 10.1. The Morgan fingerprint density at radius 2 is 2.00 bits per heavy atom. The third-order valence-corrected chi connectivity index (χ3v) is 2.70. The second kappa shape index (κ2) is 4.67. The van der Waals surface area contributed by atoms with Crippen LogP contribution in [0, 0.1) is 6.92 Å². The lowest BCUT2D eigenvalue weighted by Crippen LogP contribution is -2.01. The van der Waals surface area contributed by atoms with Gasteiger partial charge in [-0.15, -0.1) is 0 Å². The first-order chi connectivity index (χ1) is 8.11. The average Bonchev–Trinajstić information content (AvgIpc) is 2.32. The molecule has 0 aromatic carbocycles. The largest absolute Gasteiger partial charge is 0.494 e. The monoisotopic (exact) mass is 294 g/mol. The predicted octanol–water partition coefficient (Wildman–Crippen LogP) is 2.20. The van der Waals surface area contributed by atoms with Gasteiger partial charge in [-0.25, -0.2) is 15.0 Å². The van der Waals surface area contributed by atoms with Gasteiger partial charge < -0.3 is 10.5 Å². The molecule has 0 spiro atoms. The first-order valence-corrected chi connectivity index (χ1v) is 5.71.